The molecule has 0 aliphatic carbocycles. The highest BCUT2D eigenvalue weighted by Gasteiger charge is 2.34. The van der Waals surface area contributed by atoms with Gasteiger partial charge >= 0.3 is 5.97 Å². The molecule has 3 aromatic rings. The molecule has 0 saturated carbocycles. The Morgan fingerprint density at radius 1 is 0.892 bits per heavy atom. The number of fused-ring (bicyclic) bond motifs is 3. The van der Waals surface area contributed by atoms with E-state index in [1.165, 1.54) is 7.11 Å². The van der Waals surface area contributed by atoms with E-state index in [9.17, 15) is 25.2 Å². The van der Waals surface area contributed by atoms with Crippen molar-refractivity contribution < 1.29 is 48.9 Å². The number of benzene rings is 3. The fourth-order valence-electron chi connectivity index (χ4n) is 4.88. The van der Waals surface area contributed by atoms with Crippen LogP contribution in [0.1, 0.15) is 27.0 Å². The molecule has 4 N–H and O–H groups in total. The van der Waals surface area contributed by atoms with Crippen molar-refractivity contribution in [3.05, 3.63) is 52.6 Å². The molecule has 0 spiro atoms. The van der Waals surface area contributed by atoms with Crippen LogP contribution in [0.3, 0.4) is 0 Å². The SMILES string of the molecule is COC(COc1c2c(c(-c3ccc4c(c3)OCO4)c3cc(CO)c(CO)cc13)C(=O)OC2)C(CO)CO. The number of aliphatic hydroxyl groups is 4. The van der Waals surface area contributed by atoms with Gasteiger partial charge in [-0.1, -0.05) is 6.07 Å². The van der Waals surface area contributed by atoms with Crippen molar-refractivity contribution >= 4 is 16.7 Å². The fourth-order valence-corrected chi connectivity index (χ4v) is 4.88. The number of rotatable bonds is 10. The monoisotopic (exact) mass is 512 g/mol. The van der Waals surface area contributed by atoms with E-state index >= 15 is 0 Å². The smallest absolute Gasteiger partial charge is 0.339 e. The largest absolute Gasteiger partial charge is 0.490 e. The van der Waals surface area contributed by atoms with Gasteiger partial charge in [-0.2, -0.15) is 0 Å². The van der Waals surface area contributed by atoms with Crippen LogP contribution in [-0.2, 0) is 29.3 Å². The van der Waals surface area contributed by atoms with Gasteiger partial charge in [0.2, 0.25) is 6.79 Å². The van der Waals surface area contributed by atoms with Gasteiger partial charge in [0.15, 0.2) is 11.5 Å². The van der Waals surface area contributed by atoms with Crippen molar-refractivity contribution in [2.24, 2.45) is 5.92 Å². The van der Waals surface area contributed by atoms with Crippen LogP contribution in [0.4, 0.5) is 0 Å². The first kappa shape index (κ1) is 25.2. The molecule has 2 heterocycles. The summed E-state index contributed by atoms with van der Waals surface area (Å²) in [5.74, 6) is 0.430. The summed E-state index contributed by atoms with van der Waals surface area (Å²) in [7, 11) is 1.46. The highest BCUT2D eigenvalue weighted by atomic mass is 16.7. The van der Waals surface area contributed by atoms with Crippen LogP contribution in [0.25, 0.3) is 21.9 Å². The Bertz CT molecular complexity index is 1330. The lowest BCUT2D eigenvalue weighted by molar-refractivity contribution is -0.0236. The van der Waals surface area contributed by atoms with E-state index in [2.05, 4.69) is 0 Å². The maximum atomic E-state index is 13.0. The molecule has 2 aliphatic rings. The van der Waals surface area contributed by atoms with Gasteiger partial charge < -0.3 is 44.1 Å². The van der Waals surface area contributed by atoms with Crippen LogP contribution in [-0.4, -0.2) is 66.2 Å². The third kappa shape index (κ3) is 4.36. The van der Waals surface area contributed by atoms with Gasteiger partial charge in [0.25, 0.3) is 0 Å². The van der Waals surface area contributed by atoms with Gasteiger partial charge in [0.05, 0.1) is 38.1 Å². The number of carbonyl (C=O) groups excluding carboxylic acids is 1. The van der Waals surface area contributed by atoms with E-state index in [0.29, 0.717) is 61.4 Å². The molecular formula is C27H28O10. The summed E-state index contributed by atoms with van der Waals surface area (Å²) < 4.78 is 28.1. The molecule has 0 bridgehead atoms. The molecule has 0 amide bonds. The third-order valence-electron chi connectivity index (χ3n) is 6.92. The highest BCUT2D eigenvalue weighted by Crippen LogP contribution is 2.47. The van der Waals surface area contributed by atoms with E-state index in [1.54, 1.807) is 24.3 Å². The summed E-state index contributed by atoms with van der Waals surface area (Å²) in [6.07, 6.45) is -0.624. The minimum absolute atomic E-state index is 0.0163. The zero-order chi connectivity index (χ0) is 26.1. The van der Waals surface area contributed by atoms with Crippen LogP contribution in [0, 0.1) is 5.92 Å². The molecule has 0 aromatic heterocycles. The topological polar surface area (TPSA) is 144 Å². The average Bonchev–Trinajstić information content (AvgIpc) is 3.55. The predicted octanol–water partition coefficient (Wildman–Crippen LogP) is 1.89. The van der Waals surface area contributed by atoms with Crippen LogP contribution in [0.5, 0.6) is 17.2 Å². The Kier molecular flexibility index (Phi) is 7.18. The van der Waals surface area contributed by atoms with Crippen molar-refractivity contribution in [3.63, 3.8) is 0 Å². The standard InChI is InChI=1S/C27H28O10/c1-33-23(17(9-30)10-31)12-34-26-19-5-16(8-29)15(7-28)4-18(19)24(25-20(26)11-35-27(25)32)14-2-3-21-22(6-14)37-13-36-21/h2-6,17,23,28-31H,7-13H2,1H3. The van der Waals surface area contributed by atoms with Crippen molar-refractivity contribution in [2.45, 2.75) is 25.9 Å². The van der Waals surface area contributed by atoms with Gasteiger partial charge in [-0.05, 0) is 46.3 Å². The second-order valence-corrected chi connectivity index (χ2v) is 8.89. The Hall–Kier alpha value is -3.41. The lowest BCUT2D eigenvalue weighted by Crippen LogP contribution is -2.34. The summed E-state index contributed by atoms with van der Waals surface area (Å²) in [6, 6.07) is 8.84. The number of cyclic esters (lactones) is 1. The van der Waals surface area contributed by atoms with Crippen LogP contribution in [0.2, 0.25) is 0 Å². The first-order valence-corrected chi connectivity index (χ1v) is 11.8. The molecule has 5 rings (SSSR count). The quantitative estimate of drug-likeness (QED) is 0.297. The molecule has 0 fully saturated rings. The molecular weight excluding hydrogens is 484 g/mol. The van der Waals surface area contributed by atoms with E-state index in [4.69, 9.17) is 23.7 Å². The van der Waals surface area contributed by atoms with Crippen molar-refractivity contribution in [2.75, 3.05) is 33.7 Å². The molecule has 0 saturated heterocycles. The molecule has 0 radical (unpaired) electrons. The zero-order valence-electron chi connectivity index (χ0n) is 20.2. The predicted molar refractivity (Wildman–Crippen MR) is 130 cm³/mol. The minimum Gasteiger partial charge on any atom is -0.490 e. The van der Waals surface area contributed by atoms with Crippen molar-refractivity contribution in [3.8, 4) is 28.4 Å². The van der Waals surface area contributed by atoms with Gasteiger partial charge in [-0.25, -0.2) is 4.79 Å². The minimum atomic E-state index is -0.624. The molecule has 10 nitrogen and oxygen atoms in total. The molecule has 1 unspecified atom stereocenters. The third-order valence-corrected chi connectivity index (χ3v) is 6.92. The number of ether oxygens (including phenoxy) is 5. The van der Waals surface area contributed by atoms with Crippen LogP contribution >= 0.6 is 0 Å². The highest BCUT2D eigenvalue weighted by molar-refractivity contribution is 6.13. The second-order valence-electron chi connectivity index (χ2n) is 8.89. The van der Waals surface area contributed by atoms with E-state index in [-0.39, 0.29) is 46.4 Å². The fraction of sp³-hybridized carbons (Fsp3) is 0.370. The second kappa shape index (κ2) is 10.5. The first-order chi connectivity index (χ1) is 18.0. The van der Waals surface area contributed by atoms with E-state index in [0.717, 1.165) is 0 Å². The summed E-state index contributed by atoms with van der Waals surface area (Å²) in [5, 5.41) is 40.4. The summed E-state index contributed by atoms with van der Waals surface area (Å²) in [6.45, 7) is -1.15. The van der Waals surface area contributed by atoms with Gasteiger partial charge in [0, 0.05) is 29.5 Å². The maximum absolute atomic E-state index is 13.0. The number of aliphatic hydroxyl groups excluding tert-OH is 4. The molecule has 2 aliphatic heterocycles. The Morgan fingerprint density at radius 2 is 1.59 bits per heavy atom. The Labute approximate surface area is 212 Å². The molecule has 1 atom stereocenters. The summed E-state index contributed by atoms with van der Waals surface area (Å²) in [4.78, 5) is 13.0. The number of hydrogen-bond acceptors (Lipinski definition) is 10. The van der Waals surface area contributed by atoms with Crippen LogP contribution in [0.15, 0.2) is 30.3 Å². The van der Waals surface area contributed by atoms with E-state index in [1.807, 2.05) is 6.07 Å². The molecule has 3 aromatic carbocycles. The number of methoxy groups -OCH3 is 1. The lowest BCUT2D eigenvalue weighted by Gasteiger charge is -2.25. The summed E-state index contributed by atoms with van der Waals surface area (Å²) >= 11 is 0. The molecule has 196 valence electrons. The molecule has 10 heteroatoms. The van der Waals surface area contributed by atoms with Crippen molar-refractivity contribution in [1.29, 1.82) is 0 Å². The maximum Gasteiger partial charge on any atom is 0.339 e. The number of esters is 1. The number of carbonyl (C=O) groups is 1. The lowest BCUT2D eigenvalue weighted by atomic mass is 9.87. The van der Waals surface area contributed by atoms with Crippen molar-refractivity contribution in [1.82, 2.24) is 0 Å². The van der Waals surface area contributed by atoms with Crippen LogP contribution < -0.4 is 14.2 Å². The average molecular weight is 513 g/mol. The van der Waals surface area contributed by atoms with Gasteiger partial charge in [0.1, 0.15) is 19.0 Å². The zero-order valence-corrected chi connectivity index (χ0v) is 20.2. The summed E-state index contributed by atoms with van der Waals surface area (Å²) in [5.41, 5.74) is 3.15. The molecule has 37 heavy (non-hydrogen) atoms. The van der Waals surface area contributed by atoms with Gasteiger partial charge in [-0.15, -0.1) is 0 Å². The first-order valence-electron chi connectivity index (χ1n) is 11.8. The number of hydrogen-bond donors (Lipinski definition) is 4. The Balaban J connectivity index is 1.74. The normalized spacial score (nSPS) is 14.8. The van der Waals surface area contributed by atoms with E-state index < -0.39 is 18.0 Å². The Morgan fingerprint density at radius 3 is 2.27 bits per heavy atom. The van der Waals surface area contributed by atoms with Gasteiger partial charge in [-0.3, -0.25) is 0 Å².